The molecule has 1 unspecified atom stereocenters. The van der Waals surface area contributed by atoms with E-state index in [9.17, 15) is 18.0 Å². The molecule has 1 aliphatic rings. The number of aliphatic hydroxyl groups excluding tert-OH is 1. The van der Waals surface area contributed by atoms with Crippen LogP contribution < -0.4 is 0 Å². The molecule has 1 amide bonds. The fraction of sp³-hybridized carbons (Fsp3) is 0.667. The molecule has 0 saturated carbocycles. The average Bonchev–Trinajstić information content (AvgIpc) is 2.61. The average molecular weight is 223 g/mol. The minimum absolute atomic E-state index is 0.00488. The Morgan fingerprint density at radius 3 is 2.53 bits per heavy atom. The minimum Gasteiger partial charge on any atom is -0.395 e. The molecule has 1 fully saturated rings. The van der Waals surface area contributed by atoms with Crippen LogP contribution in [0, 0.1) is 5.41 Å². The molecular formula is C9H12F3NO2. The highest BCUT2D eigenvalue weighted by Gasteiger charge is 2.58. The van der Waals surface area contributed by atoms with Gasteiger partial charge in [0.15, 0.2) is 0 Å². The standard InChI is InChI=1S/C9H12F3NO2/c1-2-7(15)13-4-3-8(5-13,6-14)9(10,11)12/h2,14H,1,3-6H2. The number of rotatable bonds is 2. The topological polar surface area (TPSA) is 40.5 Å². The number of carbonyl (C=O) groups is 1. The molecule has 0 aromatic carbocycles. The third-order valence-electron chi connectivity index (χ3n) is 2.74. The number of hydrogen-bond acceptors (Lipinski definition) is 2. The van der Waals surface area contributed by atoms with Gasteiger partial charge in [-0.15, -0.1) is 0 Å². The summed E-state index contributed by atoms with van der Waals surface area (Å²) in [6.07, 6.45) is -3.77. The van der Waals surface area contributed by atoms with Crippen molar-refractivity contribution in [2.45, 2.75) is 12.6 Å². The van der Waals surface area contributed by atoms with E-state index in [1.807, 2.05) is 0 Å². The zero-order valence-corrected chi connectivity index (χ0v) is 8.05. The van der Waals surface area contributed by atoms with Gasteiger partial charge in [0, 0.05) is 13.1 Å². The molecule has 1 saturated heterocycles. The van der Waals surface area contributed by atoms with Crippen LogP contribution in [0.15, 0.2) is 12.7 Å². The molecule has 1 N–H and O–H groups in total. The summed E-state index contributed by atoms with van der Waals surface area (Å²) in [4.78, 5) is 12.2. The smallest absolute Gasteiger partial charge is 0.395 e. The number of likely N-dealkylation sites (tertiary alicyclic amines) is 1. The maximum absolute atomic E-state index is 12.6. The zero-order chi connectivity index (χ0) is 11.7. The normalized spacial score (nSPS) is 26.8. The maximum atomic E-state index is 12.6. The lowest BCUT2D eigenvalue weighted by atomic mass is 9.87. The summed E-state index contributed by atoms with van der Waals surface area (Å²) in [5, 5.41) is 8.84. The summed E-state index contributed by atoms with van der Waals surface area (Å²) >= 11 is 0. The van der Waals surface area contributed by atoms with E-state index in [1.165, 1.54) is 0 Å². The van der Waals surface area contributed by atoms with Gasteiger partial charge < -0.3 is 10.0 Å². The third-order valence-corrected chi connectivity index (χ3v) is 2.74. The van der Waals surface area contributed by atoms with E-state index < -0.39 is 30.7 Å². The molecule has 6 heteroatoms. The van der Waals surface area contributed by atoms with Crippen LogP contribution in [0.4, 0.5) is 13.2 Å². The predicted molar refractivity (Wildman–Crippen MR) is 47.0 cm³/mol. The second-order valence-electron chi connectivity index (χ2n) is 3.65. The summed E-state index contributed by atoms with van der Waals surface area (Å²) in [6.45, 7) is 1.73. The van der Waals surface area contributed by atoms with Gasteiger partial charge in [0.1, 0.15) is 5.41 Å². The molecule has 0 spiro atoms. The quantitative estimate of drug-likeness (QED) is 0.708. The second kappa shape index (κ2) is 3.84. The van der Waals surface area contributed by atoms with Crippen LogP contribution in [0.2, 0.25) is 0 Å². The molecule has 0 aliphatic carbocycles. The number of carbonyl (C=O) groups excluding carboxylic acids is 1. The van der Waals surface area contributed by atoms with Crippen LogP contribution in [0.5, 0.6) is 0 Å². The van der Waals surface area contributed by atoms with Crippen LogP contribution in [0.25, 0.3) is 0 Å². The van der Waals surface area contributed by atoms with Gasteiger partial charge in [0.05, 0.1) is 6.61 Å². The highest BCUT2D eigenvalue weighted by atomic mass is 19.4. The Morgan fingerprint density at radius 1 is 1.60 bits per heavy atom. The highest BCUT2D eigenvalue weighted by Crippen LogP contribution is 2.44. The first-order chi connectivity index (χ1) is 6.86. The summed E-state index contributed by atoms with van der Waals surface area (Å²) in [5.74, 6) is -0.533. The van der Waals surface area contributed by atoms with Crippen molar-refractivity contribution in [3.8, 4) is 0 Å². The first-order valence-electron chi connectivity index (χ1n) is 4.45. The molecule has 1 aliphatic heterocycles. The van der Waals surface area contributed by atoms with E-state index in [-0.39, 0.29) is 13.0 Å². The maximum Gasteiger partial charge on any atom is 0.398 e. The van der Waals surface area contributed by atoms with Gasteiger partial charge in [0.2, 0.25) is 5.91 Å². The van der Waals surface area contributed by atoms with Crippen LogP contribution in [-0.2, 0) is 4.79 Å². The van der Waals surface area contributed by atoms with E-state index in [4.69, 9.17) is 5.11 Å². The SMILES string of the molecule is C=CC(=O)N1CCC(CO)(C(F)(F)F)C1. The van der Waals surface area contributed by atoms with Gasteiger partial charge in [-0.1, -0.05) is 6.58 Å². The van der Waals surface area contributed by atoms with Crippen molar-refractivity contribution in [1.82, 2.24) is 4.90 Å². The lowest BCUT2D eigenvalue weighted by Gasteiger charge is -2.29. The summed E-state index contributed by atoms with van der Waals surface area (Å²) in [6, 6.07) is 0. The third kappa shape index (κ3) is 1.99. The molecule has 86 valence electrons. The van der Waals surface area contributed by atoms with Crippen molar-refractivity contribution in [1.29, 1.82) is 0 Å². The van der Waals surface area contributed by atoms with Crippen molar-refractivity contribution >= 4 is 5.91 Å². The van der Waals surface area contributed by atoms with Gasteiger partial charge in [-0.3, -0.25) is 4.79 Å². The fourth-order valence-corrected chi connectivity index (χ4v) is 1.64. The summed E-state index contributed by atoms with van der Waals surface area (Å²) < 4.78 is 37.9. The summed E-state index contributed by atoms with van der Waals surface area (Å²) in [5.41, 5.74) is -2.16. The minimum atomic E-state index is -4.49. The van der Waals surface area contributed by atoms with Crippen molar-refractivity contribution in [2.24, 2.45) is 5.41 Å². The van der Waals surface area contributed by atoms with Crippen molar-refractivity contribution in [3.63, 3.8) is 0 Å². The molecule has 1 rings (SSSR count). The lowest BCUT2D eigenvalue weighted by molar-refractivity contribution is -0.230. The molecule has 1 heterocycles. The lowest BCUT2D eigenvalue weighted by Crippen LogP contribution is -2.44. The number of hydrogen-bond donors (Lipinski definition) is 1. The van der Waals surface area contributed by atoms with Gasteiger partial charge in [-0.2, -0.15) is 13.2 Å². The van der Waals surface area contributed by atoms with Crippen LogP contribution in [-0.4, -0.2) is 41.8 Å². The number of halogens is 3. The largest absolute Gasteiger partial charge is 0.398 e. The molecule has 0 aromatic rings. The predicted octanol–water partition coefficient (Wildman–Crippen LogP) is 0.946. The van der Waals surface area contributed by atoms with Crippen LogP contribution in [0.3, 0.4) is 0 Å². The monoisotopic (exact) mass is 223 g/mol. The fourth-order valence-electron chi connectivity index (χ4n) is 1.64. The van der Waals surface area contributed by atoms with Crippen LogP contribution in [0.1, 0.15) is 6.42 Å². The number of alkyl halides is 3. The Kier molecular flexibility index (Phi) is 3.08. The van der Waals surface area contributed by atoms with Gasteiger partial charge >= 0.3 is 6.18 Å². The van der Waals surface area contributed by atoms with Crippen molar-refractivity contribution in [2.75, 3.05) is 19.7 Å². The van der Waals surface area contributed by atoms with Crippen molar-refractivity contribution in [3.05, 3.63) is 12.7 Å². The van der Waals surface area contributed by atoms with Crippen molar-refractivity contribution < 1.29 is 23.1 Å². The van der Waals surface area contributed by atoms with Gasteiger partial charge in [-0.25, -0.2) is 0 Å². The van der Waals surface area contributed by atoms with E-state index in [1.54, 1.807) is 0 Å². The molecule has 15 heavy (non-hydrogen) atoms. The number of aliphatic hydroxyl groups is 1. The molecule has 3 nitrogen and oxygen atoms in total. The Bertz CT molecular complexity index is 277. The Labute approximate surface area is 85.2 Å². The highest BCUT2D eigenvalue weighted by molar-refractivity contribution is 5.87. The molecule has 0 bridgehead atoms. The molecule has 0 radical (unpaired) electrons. The number of nitrogens with zero attached hydrogens (tertiary/aromatic N) is 1. The Morgan fingerprint density at radius 2 is 2.20 bits per heavy atom. The molecule has 0 aromatic heterocycles. The van der Waals surface area contributed by atoms with E-state index in [2.05, 4.69) is 6.58 Å². The summed E-state index contributed by atoms with van der Waals surface area (Å²) in [7, 11) is 0. The molecule has 1 atom stereocenters. The van der Waals surface area contributed by atoms with E-state index in [0.29, 0.717) is 0 Å². The number of amides is 1. The van der Waals surface area contributed by atoms with E-state index in [0.717, 1.165) is 11.0 Å². The second-order valence-corrected chi connectivity index (χ2v) is 3.65. The first-order valence-corrected chi connectivity index (χ1v) is 4.45. The van der Waals surface area contributed by atoms with Crippen LogP contribution >= 0.6 is 0 Å². The molecular weight excluding hydrogens is 211 g/mol. The Hall–Kier alpha value is -1.04. The van der Waals surface area contributed by atoms with Gasteiger partial charge in [0.25, 0.3) is 0 Å². The van der Waals surface area contributed by atoms with E-state index >= 15 is 0 Å². The van der Waals surface area contributed by atoms with Gasteiger partial charge in [-0.05, 0) is 12.5 Å². The zero-order valence-electron chi connectivity index (χ0n) is 8.05. The first kappa shape index (κ1) is 12.0. The Balaban J connectivity index is 2.82.